The Morgan fingerprint density at radius 3 is 1.50 bits per heavy atom. The lowest BCUT2D eigenvalue weighted by atomic mass is 10.1. The molecule has 0 fully saturated rings. The van der Waals surface area contributed by atoms with Gasteiger partial charge in [-0.3, -0.25) is 30.4 Å². The quantitative estimate of drug-likeness (QED) is 0.296. The molecule has 1 aromatic carbocycles. The summed E-state index contributed by atoms with van der Waals surface area (Å²) in [7, 11) is 0. The first-order valence-electron chi connectivity index (χ1n) is 10.1. The van der Waals surface area contributed by atoms with Gasteiger partial charge in [0.2, 0.25) is 0 Å². The topological polar surface area (TPSA) is 166 Å². The Labute approximate surface area is 194 Å². The number of pyridine rings is 2. The molecule has 34 heavy (non-hydrogen) atoms. The second kappa shape index (κ2) is 12.1. The van der Waals surface area contributed by atoms with E-state index in [2.05, 4.69) is 42.3 Å². The van der Waals surface area contributed by atoms with Gasteiger partial charge >= 0.3 is 12.1 Å². The molecule has 2 heterocycles. The number of nitrogens with zero attached hydrogens (tertiary/aromatic N) is 2. The predicted octanol–water partition coefficient (Wildman–Crippen LogP) is 0.765. The van der Waals surface area contributed by atoms with Gasteiger partial charge < -0.3 is 10.6 Å². The molecule has 174 valence electrons. The summed E-state index contributed by atoms with van der Waals surface area (Å²) in [6.45, 7) is 0.381. The molecule has 3 aromatic rings. The fourth-order valence-corrected chi connectivity index (χ4v) is 2.67. The molecular weight excluding hydrogens is 440 g/mol. The number of nitrogens with one attached hydrogen (secondary N) is 6. The van der Waals surface area contributed by atoms with Gasteiger partial charge in [-0.25, -0.2) is 20.4 Å². The second-order valence-electron chi connectivity index (χ2n) is 6.83. The van der Waals surface area contributed by atoms with Crippen molar-refractivity contribution in [3.05, 3.63) is 95.6 Å². The average molecular weight is 462 g/mol. The van der Waals surface area contributed by atoms with Gasteiger partial charge in [0.15, 0.2) is 0 Å². The summed E-state index contributed by atoms with van der Waals surface area (Å²) >= 11 is 0. The zero-order valence-electron chi connectivity index (χ0n) is 17.9. The molecule has 0 aliphatic heterocycles. The molecule has 0 atom stereocenters. The number of carbonyl (C=O) groups excluding carboxylic acids is 4. The first kappa shape index (κ1) is 23.7. The van der Waals surface area contributed by atoms with E-state index in [4.69, 9.17) is 0 Å². The molecular formula is C22H22N8O4. The maximum atomic E-state index is 11.9. The van der Waals surface area contributed by atoms with Crippen molar-refractivity contribution in [3.8, 4) is 0 Å². The van der Waals surface area contributed by atoms with E-state index in [1.807, 2.05) is 0 Å². The van der Waals surface area contributed by atoms with Crippen LogP contribution in [-0.4, -0.2) is 33.8 Å². The Hall–Kier alpha value is -5.00. The van der Waals surface area contributed by atoms with Crippen LogP contribution in [0, 0.1) is 0 Å². The number of urea groups is 2. The van der Waals surface area contributed by atoms with Gasteiger partial charge in [0.05, 0.1) is 11.1 Å². The smallest absolute Gasteiger partial charge is 0.333 e. The number of aromatic nitrogens is 2. The highest BCUT2D eigenvalue weighted by molar-refractivity contribution is 5.95. The minimum Gasteiger partial charge on any atom is -0.333 e. The van der Waals surface area contributed by atoms with Crippen LogP contribution >= 0.6 is 0 Å². The van der Waals surface area contributed by atoms with Gasteiger partial charge in [0, 0.05) is 37.9 Å². The van der Waals surface area contributed by atoms with Gasteiger partial charge in [-0.1, -0.05) is 24.3 Å². The number of rotatable bonds is 6. The number of amides is 6. The molecule has 12 nitrogen and oxygen atoms in total. The van der Waals surface area contributed by atoms with E-state index in [1.54, 1.807) is 48.5 Å². The molecule has 0 bridgehead atoms. The summed E-state index contributed by atoms with van der Waals surface area (Å²) in [6, 6.07) is 12.3. The van der Waals surface area contributed by atoms with Crippen molar-refractivity contribution in [1.82, 2.24) is 42.3 Å². The Bertz CT molecular complexity index is 1060. The lowest BCUT2D eigenvalue weighted by Gasteiger charge is -2.11. The SMILES string of the molecule is O=C(NCc1cccc(CNC(=O)NNC(=O)c2cccnc2)c1)NNC(=O)c1cccnc1. The van der Waals surface area contributed by atoms with Gasteiger partial charge in [0.25, 0.3) is 11.8 Å². The van der Waals surface area contributed by atoms with E-state index in [0.29, 0.717) is 11.1 Å². The lowest BCUT2D eigenvalue weighted by molar-refractivity contribution is 0.0929. The van der Waals surface area contributed by atoms with Crippen molar-refractivity contribution in [1.29, 1.82) is 0 Å². The van der Waals surface area contributed by atoms with Gasteiger partial charge in [-0.05, 0) is 35.4 Å². The molecule has 3 rings (SSSR count). The van der Waals surface area contributed by atoms with E-state index in [0.717, 1.165) is 11.1 Å². The van der Waals surface area contributed by atoms with Gasteiger partial charge in [-0.2, -0.15) is 0 Å². The lowest BCUT2D eigenvalue weighted by Crippen LogP contribution is -2.46. The number of carbonyl (C=O) groups is 4. The fourth-order valence-electron chi connectivity index (χ4n) is 2.67. The predicted molar refractivity (Wildman–Crippen MR) is 121 cm³/mol. The normalized spacial score (nSPS) is 9.88. The van der Waals surface area contributed by atoms with Crippen LogP contribution < -0.4 is 32.3 Å². The van der Waals surface area contributed by atoms with E-state index in [9.17, 15) is 19.2 Å². The monoisotopic (exact) mass is 462 g/mol. The molecule has 2 aromatic heterocycles. The minimum absolute atomic E-state index is 0.190. The van der Waals surface area contributed by atoms with Crippen molar-refractivity contribution in [2.24, 2.45) is 0 Å². The van der Waals surface area contributed by atoms with Crippen LogP contribution in [0.25, 0.3) is 0 Å². The number of hydrogen-bond donors (Lipinski definition) is 6. The Morgan fingerprint density at radius 2 is 1.09 bits per heavy atom. The van der Waals surface area contributed by atoms with Crippen molar-refractivity contribution < 1.29 is 19.2 Å². The van der Waals surface area contributed by atoms with Gasteiger partial charge in [0.1, 0.15) is 0 Å². The largest absolute Gasteiger partial charge is 0.333 e. The fraction of sp³-hybridized carbons (Fsp3) is 0.0909. The molecule has 0 saturated carbocycles. The first-order valence-corrected chi connectivity index (χ1v) is 10.1. The van der Waals surface area contributed by atoms with Crippen molar-refractivity contribution in [2.75, 3.05) is 0 Å². The molecule has 0 aliphatic rings. The van der Waals surface area contributed by atoms with Crippen LogP contribution in [0.2, 0.25) is 0 Å². The summed E-state index contributed by atoms with van der Waals surface area (Å²) in [5.41, 5.74) is 11.3. The van der Waals surface area contributed by atoms with Crippen LogP contribution in [0.15, 0.2) is 73.3 Å². The molecule has 6 N–H and O–H groups in total. The highest BCUT2D eigenvalue weighted by Crippen LogP contribution is 2.05. The molecule has 6 amide bonds. The van der Waals surface area contributed by atoms with Crippen molar-refractivity contribution in [3.63, 3.8) is 0 Å². The molecule has 0 saturated heterocycles. The summed E-state index contributed by atoms with van der Waals surface area (Å²) in [5.74, 6) is -0.988. The van der Waals surface area contributed by atoms with E-state index in [1.165, 1.54) is 24.8 Å². The third kappa shape index (κ3) is 7.60. The molecule has 0 radical (unpaired) electrons. The number of benzene rings is 1. The van der Waals surface area contributed by atoms with E-state index < -0.39 is 23.9 Å². The third-order valence-corrected chi connectivity index (χ3v) is 4.32. The Morgan fingerprint density at radius 1 is 0.618 bits per heavy atom. The average Bonchev–Trinajstić information content (AvgIpc) is 2.89. The molecule has 0 aliphatic carbocycles. The molecule has 0 unspecified atom stereocenters. The maximum Gasteiger partial charge on any atom is 0.333 e. The Balaban J connectivity index is 1.37. The standard InChI is InChI=1S/C22H22N8O4/c31-19(17-6-2-8-23-13-17)27-29-21(33)25-11-15-4-1-5-16(10-15)12-26-22(34)30-28-20(32)18-7-3-9-24-14-18/h1-10,13-14H,11-12H2,(H,27,31)(H,28,32)(H2,25,29,33)(H2,26,30,34). The summed E-state index contributed by atoms with van der Waals surface area (Å²) in [6.07, 6.45) is 5.83. The maximum absolute atomic E-state index is 11.9. The van der Waals surface area contributed by atoms with Crippen LogP contribution in [0.4, 0.5) is 9.59 Å². The van der Waals surface area contributed by atoms with Crippen LogP contribution in [0.5, 0.6) is 0 Å². The summed E-state index contributed by atoms with van der Waals surface area (Å²) < 4.78 is 0. The number of hydrazine groups is 2. The van der Waals surface area contributed by atoms with Crippen LogP contribution in [0.3, 0.4) is 0 Å². The van der Waals surface area contributed by atoms with Crippen molar-refractivity contribution >= 4 is 23.9 Å². The molecule has 12 heteroatoms. The number of hydrogen-bond acceptors (Lipinski definition) is 6. The highest BCUT2D eigenvalue weighted by Gasteiger charge is 2.08. The van der Waals surface area contributed by atoms with E-state index >= 15 is 0 Å². The minimum atomic E-state index is -0.593. The van der Waals surface area contributed by atoms with Crippen molar-refractivity contribution in [2.45, 2.75) is 13.1 Å². The second-order valence-corrected chi connectivity index (χ2v) is 6.83. The molecule has 0 spiro atoms. The Kier molecular flexibility index (Phi) is 8.45. The summed E-state index contributed by atoms with van der Waals surface area (Å²) in [5, 5.41) is 5.23. The third-order valence-electron chi connectivity index (χ3n) is 4.32. The van der Waals surface area contributed by atoms with E-state index in [-0.39, 0.29) is 13.1 Å². The van der Waals surface area contributed by atoms with Gasteiger partial charge in [-0.15, -0.1) is 0 Å². The highest BCUT2D eigenvalue weighted by atomic mass is 16.2. The first-order chi connectivity index (χ1) is 16.5. The summed E-state index contributed by atoms with van der Waals surface area (Å²) in [4.78, 5) is 55.3. The zero-order chi connectivity index (χ0) is 24.2. The zero-order valence-corrected chi connectivity index (χ0v) is 17.9. The van der Waals surface area contributed by atoms with Crippen LogP contribution in [0.1, 0.15) is 31.8 Å². The van der Waals surface area contributed by atoms with Crippen LogP contribution in [-0.2, 0) is 13.1 Å².